The van der Waals surface area contributed by atoms with E-state index in [4.69, 9.17) is 4.74 Å². The smallest absolute Gasteiger partial charge is 0.317 e. The normalized spacial score (nSPS) is 29.7. The number of amides is 2. The summed E-state index contributed by atoms with van der Waals surface area (Å²) in [5, 5.41) is 3.22. The van der Waals surface area contributed by atoms with E-state index >= 15 is 0 Å². The second-order valence-corrected chi connectivity index (χ2v) is 7.27. The van der Waals surface area contributed by atoms with Gasteiger partial charge in [-0.05, 0) is 50.4 Å². The Morgan fingerprint density at radius 3 is 2.79 bits per heavy atom. The predicted octanol–water partition coefficient (Wildman–Crippen LogP) is 2.43. The summed E-state index contributed by atoms with van der Waals surface area (Å²) in [5.41, 5.74) is 1.21. The van der Waals surface area contributed by atoms with Gasteiger partial charge in [-0.1, -0.05) is 18.2 Å². The molecule has 1 aliphatic carbocycles. The third kappa shape index (κ3) is 3.09. The van der Waals surface area contributed by atoms with Gasteiger partial charge in [0.2, 0.25) is 0 Å². The maximum atomic E-state index is 12.6. The molecule has 5 nitrogen and oxygen atoms in total. The first-order valence-electron chi connectivity index (χ1n) is 9.18. The summed E-state index contributed by atoms with van der Waals surface area (Å²) in [7, 11) is 1.71. The van der Waals surface area contributed by atoms with Crippen LogP contribution in [0.3, 0.4) is 0 Å². The first-order chi connectivity index (χ1) is 11.8. The molecule has 0 aromatic heterocycles. The van der Waals surface area contributed by atoms with Crippen molar-refractivity contribution in [2.45, 2.75) is 43.7 Å². The number of nitrogens with zero attached hydrogens (tertiary/aromatic N) is 2. The molecule has 1 aromatic carbocycles. The molecule has 0 unspecified atom stereocenters. The van der Waals surface area contributed by atoms with Gasteiger partial charge < -0.3 is 15.0 Å². The molecule has 2 heterocycles. The van der Waals surface area contributed by atoms with Crippen LogP contribution < -0.4 is 10.1 Å². The summed E-state index contributed by atoms with van der Waals surface area (Å²) in [6.45, 7) is 4.19. The lowest BCUT2D eigenvalue weighted by atomic mass is 10.1. The van der Waals surface area contributed by atoms with Gasteiger partial charge in [0.05, 0.1) is 7.11 Å². The fourth-order valence-corrected chi connectivity index (χ4v) is 4.25. The number of urea groups is 1. The van der Waals surface area contributed by atoms with Crippen molar-refractivity contribution in [3.05, 3.63) is 29.8 Å². The zero-order valence-electron chi connectivity index (χ0n) is 14.4. The van der Waals surface area contributed by atoms with E-state index in [0.29, 0.717) is 12.0 Å². The maximum Gasteiger partial charge on any atom is 0.317 e. The van der Waals surface area contributed by atoms with Crippen LogP contribution in [0, 0.1) is 0 Å². The summed E-state index contributed by atoms with van der Waals surface area (Å²) < 4.78 is 5.44. The van der Waals surface area contributed by atoms with Crippen LogP contribution in [0.1, 0.15) is 37.2 Å². The van der Waals surface area contributed by atoms with Crippen LogP contribution in [0.5, 0.6) is 5.75 Å². The van der Waals surface area contributed by atoms with Crippen molar-refractivity contribution in [2.75, 3.05) is 33.3 Å². The lowest BCUT2D eigenvalue weighted by Gasteiger charge is -2.23. The third-order valence-corrected chi connectivity index (χ3v) is 5.75. The van der Waals surface area contributed by atoms with E-state index in [0.717, 1.165) is 31.7 Å². The van der Waals surface area contributed by atoms with Crippen LogP contribution in [-0.4, -0.2) is 61.2 Å². The van der Waals surface area contributed by atoms with Crippen molar-refractivity contribution in [1.29, 1.82) is 0 Å². The topological polar surface area (TPSA) is 44.8 Å². The highest BCUT2D eigenvalue weighted by Crippen LogP contribution is 2.44. The van der Waals surface area contributed by atoms with Crippen molar-refractivity contribution in [1.82, 2.24) is 15.1 Å². The molecule has 130 valence electrons. The van der Waals surface area contributed by atoms with Crippen LogP contribution >= 0.6 is 0 Å². The van der Waals surface area contributed by atoms with Crippen molar-refractivity contribution < 1.29 is 9.53 Å². The van der Waals surface area contributed by atoms with Gasteiger partial charge in [0, 0.05) is 31.1 Å². The first kappa shape index (κ1) is 15.8. The standard InChI is InChI=1S/C19H27N3O2/c1-24-18-7-3-2-6-15(18)16-12-17(16)20-19(23)22-11-8-14(13-22)21-9-4-5-10-21/h2-3,6-7,14,16-17H,4-5,8-13H2,1H3,(H,20,23)/t14-,16-,17+/m0/s1. The number of ether oxygens (including phenoxy) is 1. The maximum absolute atomic E-state index is 12.6. The molecule has 0 bridgehead atoms. The molecular weight excluding hydrogens is 302 g/mol. The quantitative estimate of drug-likeness (QED) is 0.923. The molecule has 0 spiro atoms. The Bertz CT molecular complexity index is 600. The number of rotatable bonds is 4. The molecule has 1 saturated carbocycles. The highest BCUT2D eigenvalue weighted by molar-refractivity contribution is 5.75. The predicted molar refractivity (Wildman–Crippen MR) is 93.5 cm³/mol. The molecule has 2 saturated heterocycles. The Morgan fingerprint density at radius 1 is 1.21 bits per heavy atom. The SMILES string of the molecule is COc1ccccc1[C@@H]1C[C@H]1NC(=O)N1CC[C@H](N2CCCC2)C1. The molecule has 3 fully saturated rings. The van der Waals surface area contributed by atoms with Crippen LogP contribution in [0.25, 0.3) is 0 Å². The Morgan fingerprint density at radius 2 is 2.00 bits per heavy atom. The van der Waals surface area contributed by atoms with E-state index in [1.54, 1.807) is 7.11 Å². The molecule has 5 heteroatoms. The van der Waals surface area contributed by atoms with Gasteiger partial charge in [-0.2, -0.15) is 0 Å². The fourth-order valence-electron chi connectivity index (χ4n) is 4.25. The summed E-state index contributed by atoms with van der Waals surface area (Å²) in [6, 6.07) is 9.06. The van der Waals surface area contributed by atoms with Crippen LogP contribution in [-0.2, 0) is 0 Å². The van der Waals surface area contributed by atoms with Gasteiger partial charge in [0.1, 0.15) is 5.75 Å². The van der Waals surface area contributed by atoms with Crippen LogP contribution in [0.2, 0.25) is 0 Å². The molecule has 3 aliphatic rings. The minimum atomic E-state index is 0.110. The van der Waals surface area contributed by atoms with Crippen LogP contribution in [0.15, 0.2) is 24.3 Å². The number of methoxy groups -OCH3 is 1. The highest BCUT2D eigenvalue weighted by Gasteiger charge is 2.42. The van der Waals surface area contributed by atoms with E-state index in [-0.39, 0.29) is 12.1 Å². The largest absolute Gasteiger partial charge is 0.496 e. The lowest BCUT2D eigenvalue weighted by molar-refractivity contribution is 0.198. The molecule has 1 aromatic rings. The van der Waals surface area contributed by atoms with E-state index in [2.05, 4.69) is 16.3 Å². The van der Waals surface area contributed by atoms with Gasteiger partial charge in [-0.3, -0.25) is 4.90 Å². The summed E-state index contributed by atoms with van der Waals surface area (Å²) in [5.74, 6) is 1.32. The number of hydrogen-bond acceptors (Lipinski definition) is 3. The molecule has 0 radical (unpaired) electrons. The number of likely N-dealkylation sites (tertiary alicyclic amines) is 2. The Kier molecular flexibility index (Phi) is 4.35. The van der Waals surface area contributed by atoms with Crippen molar-refractivity contribution >= 4 is 6.03 Å². The first-order valence-corrected chi connectivity index (χ1v) is 9.18. The minimum Gasteiger partial charge on any atom is -0.496 e. The summed E-state index contributed by atoms with van der Waals surface area (Å²) >= 11 is 0. The van der Waals surface area contributed by atoms with Gasteiger partial charge >= 0.3 is 6.03 Å². The minimum absolute atomic E-state index is 0.110. The number of hydrogen-bond donors (Lipinski definition) is 1. The number of para-hydroxylation sites is 1. The molecule has 3 atom stereocenters. The second kappa shape index (κ2) is 6.63. The van der Waals surface area contributed by atoms with E-state index < -0.39 is 0 Å². The fraction of sp³-hybridized carbons (Fsp3) is 0.632. The second-order valence-electron chi connectivity index (χ2n) is 7.27. The van der Waals surface area contributed by atoms with Crippen molar-refractivity contribution in [2.24, 2.45) is 0 Å². The average molecular weight is 329 g/mol. The lowest BCUT2D eigenvalue weighted by Crippen LogP contribution is -2.42. The van der Waals surface area contributed by atoms with Crippen LogP contribution in [0.4, 0.5) is 4.79 Å². The highest BCUT2D eigenvalue weighted by atomic mass is 16.5. The molecule has 4 rings (SSSR count). The molecule has 2 aliphatic heterocycles. The van der Waals surface area contributed by atoms with E-state index in [1.807, 2.05) is 23.1 Å². The van der Waals surface area contributed by atoms with E-state index in [9.17, 15) is 4.79 Å². The Balaban J connectivity index is 1.30. The third-order valence-electron chi connectivity index (χ3n) is 5.75. The van der Waals surface area contributed by atoms with Gasteiger partial charge in [-0.15, -0.1) is 0 Å². The van der Waals surface area contributed by atoms with Gasteiger partial charge in [0.25, 0.3) is 0 Å². The van der Waals surface area contributed by atoms with Gasteiger partial charge in [-0.25, -0.2) is 4.79 Å². The molecule has 24 heavy (non-hydrogen) atoms. The summed E-state index contributed by atoms with van der Waals surface area (Å²) in [6.07, 6.45) is 4.75. The van der Waals surface area contributed by atoms with E-state index in [1.165, 1.54) is 31.5 Å². The zero-order valence-corrected chi connectivity index (χ0v) is 14.4. The van der Waals surface area contributed by atoms with Gasteiger partial charge in [0.15, 0.2) is 0 Å². The summed E-state index contributed by atoms with van der Waals surface area (Å²) in [4.78, 5) is 17.1. The van der Waals surface area contributed by atoms with Crippen molar-refractivity contribution in [3.8, 4) is 5.75 Å². The molecule has 2 amide bonds. The molecule has 1 N–H and O–H groups in total. The van der Waals surface area contributed by atoms with Crippen molar-refractivity contribution in [3.63, 3.8) is 0 Å². The molecular formula is C19H27N3O2. The Labute approximate surface area is 144 Å². The number of benzene rings is 1. The zero-order chi connectivity index (χ0) is 16.5. The average Bonchev–Trinajstić information content (AvgIpc) is 3.03. The number of nitrogens with one attached hydrogen (secondary N) is 1. The number of carbonyl (C=O) groups is 1. The Hall–Kier alpha value is -1.75. The number of carbonyl (C=O) groups excluding carboxylic acids is 1. The monoisotopic (exact) mass is 329 g/mol.